The largest absolute Gasteiger partial charge is 0.454 e. The fraction of sp³-hybridized carbons (Fsp3) is 0.143. The molecule has 7 nitrogen and oxygen atoms in total. The van der Waals surface area contributed by atoms with Gasteiger partial charge in [0.2, 0.25) is 10.0 Å². The highest BCUT2D eigenvalue weighted by atomic mass is 32.2. The van der Waals surface area contributed by atoms with Crippen molar-refractivity contribution in [1.82, 2.24) is 9.71 Å². The highest BCUT2D eigenvalue weighted by Gasteiger charge is 2.28. The molecule has 0 bridgehead atoms. The van der Waals surface area contributed by atoms with E-state index >= 15 is 0 Å². The number of amides is 1. The van der Waals surface area contributed by atoms with E-state index in [-0.39, 0.29) is 16.5 Å². The fourth-order valence-corrected chi connectivity index (χ4v) is 5.06. The van der Waals surface area contributed by atoms with E-state index < -0.39 is 15.9 Å². The zero-order valence-electron chi connectivity index (χ0n) is 15.7. The Labute approximate surface area is 176 Å². The number of rotatable bonds is 6. The van der Waals surface area contributed by atoms with E-state index in [2.05, 4.69) is 15.0 Å². The van der Waals surface area contributed by atoms with Crippen molar-refractivity contribution in [2.75, 3.05) is 5.32 Å². The maximum absolute atomic E-state index is 12.6. The van der Waals surface area contributed by atoms with Crippen LogP contribution in [0.3, 0.4) is 0 Å². The first-order valence-electron chi connectivity index (χ1n) is 9.36. The van der Waals surface area contributed by atoms with Crippen molar-refractivity contribution >= 4 is 43.4 Å². The van der Waals surface area contributed by atoms with Crippen LogP contribution in [0.4, 0.5) is 5.13 Å². The Morgan fingerprint density at radius 3 is 2.73 bits per heavy atom. The number of furan rings is 1. The number of anilines is 1. The molecule has 1 aliphatic rings. The molecule has 4 aromatic rings. The summed E-state index contributed by atoms with van der Waals surface area (Å²) in [6.45, 7) is 0. The van der Waals surface area contributed by atoms with Gasteiger partial charge in [-0.25, -0.2) is 18.1 Å². The summed E-state index contributed by atoms with van der Waals surface area (Å²) < 4.78 is 33.2. The van der Waals surface area contributed by atoms with Gasteiger partial charge in [-0.3, -0.25) is 10.1 Å². The van der Waals surface area contributed by atoms with E-state index in [0.29, 0.717) is 16.6 Å². The SMILES string of the molecule is O=C(Nc1nc(-c2cc3ccccc3o2)cs1)c1cccc(S(=O)(=O)NC2CC2)c1. The van der Waals surface area contributed by atoms with Gasteiger partial charge >= 0.3 is 0 Å². The molecule has 0 saturated heterocycles. The Balaban J connectivity index is 1.34. The lowest BCUT2D eigenvalue weighted by molar-refractivity contribution is 0.102. The van der Waals surface area contributed by atoms with Crippen LogP contribution in [0, 0.1) is 0 Å². The molecule has 2 aromatic carbocycles. The zero-order chi connectivity index (χ0) is 20.7. The molecule has 2 aromatic heterocycles. The van der Waals surface area contributed by atoms with Gasteiger partial charge in [0.05, 0.1) is 4.90 Å². The Morgan fingerprint density at radius 1 is 1.10 bits per heavy atom. The predicted octanol–water partition coefficient (Wildman–Crippen LogP) is 4.25. The highest BCUT2D eigenvalue weighted by Crippen LogP contribution is 2.30. The van der Waals surface area contributed by atoms with Crippen LogP contribution in [0.5, 0.6) is 0 Å². The zero-order valence-corrected chi connectivity index (χ0v) is 17.3. The van der Waals surface area contributed by atoms with Gasteiger partial charge in [-0.2, -0.15) is 0 Å². The van der Waals surface area contributed by atoms with E-state index in [1.807, 2.05) is 30.3 Å². The van der Waals surface area contributed by atoms with Crippen LogP contribution in [-0.4, -0.2) is 25.4 Å². The average molecular weight is 440 g/mol. The van der Waals surface area contributed by atoms with Gasteiger partial charge in [-0.15, -0.1) is 11.3 Å². The molecule has 2 heterocycles. The van der Waals surface area contributed by atoms with Gasteiger partial charge in [-0.1, -0.05) is 24.3 Å². The number of benzene rings is 2. The molecular weight excluding hydrogens is 422 g/mol. The first-order valence-corrected chi connectivity index (χ1v) is 11.7. The Hall–Kier alpha value is -3.01. The summed E-state index contributed by atoms with van der Waals surface area (Å²) in [5.41, 5.74) is 1.63. The van der Waals surface area contributed by atoms with E-state index in [4.69, 9.17) is 4.42 Å². The van der Waals surface area contributed by atoms with Crippen LogP contribution in [-0.2, 0) is 10.0 Å². The molecular formula is C21H17N3O4S2. The van der Waals surface area contributed by atoms with Crippen molar-refractivity contribution in [3.63, 3.8) is 0 Å². The molecule has 1 saturated carbocycles. The normalized spacial score (nSPS) is 14.1. The Morgan fingerprint density at radius 2 is 1.93 bits per heavy atom. The van der Waals surface area contributed by atoms with E-state index in [0.717, 1.165) is 23.8 Å². The number of hydrogen-bond donors (Lipinski definition) is 2. The van der Waals surface area contributed by atoms with E-state index in [1.54, 1.807) is 17.5 Å². The minimum Gasteiger partial charge on any atom is -0.454 e. The number of nitrogens with zero attached hydrogens (tertiary/aromatic N) is 1. The second-order valence-electron chi connectivity index (χ2n) is 7.06. The molecule has 0 atom stereocenters. The predicted molar refractivity (Wildman–Crippen MR) is 115 cm³/mol. The van der Waals surface area contributed by atoms with E-state index in [9.17, 15) is 13.2 Å². The molecule has 2 N–H and O–H groups in total. The van der Waals surface area contributed by atoms with Gasteiger partial charge in [-0.05, 0) is 43.2 Å². The summed E-state index contributed by atoms with van der Waals surface area (Å²) in [6, 6.07) is 15.5. The molecule has 152 valence electrons. The summed E-state index contributed by atoms with van der Waals surface area (Å²) >= 11 is 1.27. The fourth-order valence-electron chi connectivity index (χ4n) is 3.01. The second-order valence-corrected chi connectivity index (χ2v) is 9.64. The molecule has 0 spiro atoms. The second kappa shape index (κ2) is 7.35. The van der Waals surface area contributed by atoms with Crippen LogP contribution < -0.4 is 10.0 Å². The summed E-state index contributed by atoms with van der Waals surface area (Å²) in [5, 5.41) is 5.90. The first kappa shape index (κ1) is 19.0. The van der Waals surface area contributed by atoms with Gasteiger partial charge in [0, 0.05) is 22.4 Å². The third kappa shape index (κ3) is 3.87. The molecule has 1 amide bonds. The minimum absolute atomic E-state index is 0.000489. The lowest BCUT2D eigenvalue weighted by atomic mass is 10.2. The summed E-state index contributed by atoms with van der Waals surface area (Å²) in [4.78, 5) is 17.1. The number of aromatic nitrogens is 1. The van der Waals surface area contributed by atoms with Crippen molar-refractivity contribution in [1.29, 1.82) is 0 Å². The number of thiazole rings is 1. The van der Waals surface area contributed by atoms with Crippen LogP contribution in [0.2, 0.25) is 0 Å². The van der Waals surface area contributed by atoms with Crippen molar-refractivity contribution in [2.24, 2.45) is 0 Å². The standard InChI is InChI=1S/C21H17N3O4S2/c25-20(14-5-3-6-16(10-14)30(26,27)24-15-8-9-15)23-21-22-17(12-29-21)19-11-13-4-1-2-7-18(13)28-19/h1-7,10-12,15,24H,8-9H2,(H,22,23,25). The summed E-state index contributed by atoms with van der Waals surface area (Å²) in [7, 11) is -3.63. The van der Waals surface area contributed by atoms with Crippen molar-refractivity contribution in [3.8, 4) is 11.5 Å². The molecule has 0 radical (unpaired) electrons. The molecule has 0 aliphatic heterocycles. The van der Waals surface area contributed by atoms with Crippen LogP contribution >= 0.6 is 11.3 Å². The van der Waals surface area contributed by atoms with Crippen molar-refractivity contribution in [2.45, 2.75) is 23.8 Å². The van der Waals surface area contributed by atoms with Crippen molar-refractivity contribution < 1.29 is 17.6 Å². The number of para-hydroxylation sites is 1. The Bertz CT molecular complexity index is 1320. The Kier molecular flexibility index (Phi) is 4.65. The third-order valence-corrected chi connectivity index (χ3v) is 6.98. The molecule has 5 rings (SSSR count). The van der Waals surface area contributed by atoms with Gasteiger partial charge in [0.1, 0.15) is 11.3 Å². The summed E-state index contributed by atoms with van der Waals surface area (Å²) in [5.74, 6) is 0.191. The van der Waals surface area contributed by atoms with Crippen LogP contribution in [0.25, 0.3) is 22.4 Å². The molecule has 1 aliphatic carbocycles. The molecule has 30 heavy (non-hydrogen) atoms. The lowest BCUT2D eigenvalue weighted by Gasteiger charge is -2.07. The number of hydrogen-bond acceptors (Lipinski definition) is 6. The van der Waals surface area contributed by atoms with Crippen molar-refractivity contribution in [3.05, 3.63) is 65.5 Å². The molecule has 9 heteroatoms. The van der Waals surface area contributed by atoms with Crippen LogP contribution in [0.15, 0.2) is 69.3 Å². The third-order valence-electron chi connectivity index (χ3n) is 4.71. The number of sulfonamides is 1. The average Bonchev–Trinajstić information content (AvgIpc) is 3.25. The van der Waals surface area contributed by atoms with Gasteiger partial charge in [0.15, 0.2) is 10.9 Å². The monoisotopic (exact) mass is 439 g/mol. The summed E-state index contributed by atoms with van der Waals surface area (Å²) in [6.07, 6.45) is 1.69. The molecule has 1 fully saturated rings. The quantitative estimate of drug-likeness (QED) is 0.468. The number of carbonyl (C=O) groups is 1. The van der Waals surface area contributed by atoms with E-state index in [1.165, 1.54) is 23.5 Å². The number of carbonyl (C=O) groups excluding carboxylic acids is 1. The maximum atomic E-state index is 12.6. The first-order chi connectivity index (χ1) is 14.5. The topological polar surface area (TPSA) is 101 Å². The molecule has 0 unspecified atom stereocenters. The number of fused-ring (bicyclic) bond motifs is 1. The minimum atomic E-state index is -3.63. The number of nitrogens with one attached hydrogen (secondary N) is 2. The smallest absolute Gasteiger partial charge is 0.257 e. The van der Waals surface area contributed by atoms with Gasteiger partial charge in [0.25, 0.3) is 5.91 Å². The van der Waals surface area contributed by atoms with Gasteiger partial charge < -0.3 is 4.42 Å². The maximum Gasteiger partial charge on any atom is 0.257 e. The lowest BCUT2D eigenvalue weighted by Crippen LogP contribution is -2.26. The highest BCUT2D eigenvalue weighted by molar-refractivity contribution is 7.89. The van der Waals surface area contributed by atoms with Crippen LogP contribution in [0.1, 0.15) is 23.2 Å².